The van der Waals surface area contributed by atoms with Crippen molar-refractivity contribution in [1.29, 1.82) is 0 Å². The zero-order valence-corrected chi connectivity index (χ0v) is 9.49. The minimum Gasteiger partial charge on any atom is -0.767 e. The summed E-state index contributed by atoms with van der Waals surface area (Å²) in [4.78, 5) is 12.0. The summed E-state index contributed by atoms with van der Waals surface area (Å²) < 4.78 is 5.05. The number of carbonyl (C=O) groups is 1. The average molecular weight is 257 g/mol. The molecule has 0 fully saturated rings. The SMILES string of the molecule is Cc1c(N([O-])[O-])oc2c1C(=O)N(N(O)O)CCC2. The van der Waals surface area contributed by atoms with E-state index in [1.54, 1.807) is 0 Å². The van der Waals surface area contributed by atoms with Gasteiger partial charge in [0.15, 0.2) is 5.88 Å². The van der Waals surface area contributed by atoms with E-state index in [9.17, 15) is 15.2 Å². The van der Waals surface area contributed by atoms with E-state index < -0.39 is 17.0 Å². The summed E-state index contributed by atoms with van der Waals surface area (Å²) >= 11 is 0. The number of amides is 1. The number of aryl methyl sites for hydroxylation is 1. The van der Waals surface area contributed by atoms with E-state index in [0.717, 1.165) is 0 Å². The minimum atomic E-state index is -0.734. The van der Waals surface area contributed by atoms with Crippen LogP contribution in [0.2, 0.25) is 0 Å². The average Bonchev–Trinajstić information content (AvgIpc) is 2.50. The molecule has 0 saturated carbocycles. The Bertz CT molecular complexity index is 469. The Morgan fingerprint density at radius 3 is 2.61 bits per heavy atom. The van der Waals surface area contributed by atoms with E-state index >= 15 is 0 Å². The molecular weight excluding hydrogens is 246 g/mol. The number of anilines is 1. The molecule has 1 aromatic heterocycles. The molecule has 1 aliphatic rings. The third-order valence-electron chi connectivity index (χ3n) is 2.80. The smallest absolute Gasteiger partial charge is 0.275 e. The van der Waals surface area contributed by atoms with Crippen molar-refractivity contribution in [1.82, 2.24) is 10.3 Å². The van der Waals surface area contributed by atoms with Gasteiger partial charge in [0, 0.05) is 23.9 Å². The van der Waals surface area contributed by atoms with Gasteiger partial charge in [-0.1, -0.05) is 0 Å². The normalized spacial score (nSPS) is 15.9. The Balaban J connectivity index is 2.48. The number of hydrogen-bond donors (Lipinski definition) is 2. The van der Waals surface area contributed by atoms with Crippen molar-refractivity contribution in [2.45, 2.75) is 19.8 Å². The first kappa shape index (κ1) is 12.8. The van der Waals surface area contributed by atoms with Gasteiger partial charge in [-0.3, -0.25) is 15.2 Å². The first-order valence-electron chi connectivity index (χ1n) is 5.19. The molecule has 18 heavy (non-hydrogen) atoms. The second-order valence-corrected chi connectivity index (χ2v) is 3.89. The van der Waals surface area contributed by atoms with Gasteiger partial charge in [0.1, 0.15) is 5.76 Å². The Morgan fingerprint density at radius 2 is 2.06 bits per heavy atom. The maximum Gasteiger partial charge on any atom is 0.275 e. The molecule has 2 N–H and O–H groups in total. The van der Waals surface area contributed by atoms with E-state index in [2.05, 4.69) is 0 Å². The highest BCUT2D eigenvalue weighted by Crippen LogP contribution is 2.32. The van der Waals surface area contributed by atoms with Crippen LogP contribution in [-0.2, 0) is 6.42 Å². The summed E-state index contributed by atoms with van der Waals surface area (Å²) in [6, 6.07) is 0. The molecule has 1 amide bonds. The van der Waals surface area contributed by atoms with Gasteiger partial charge < -0.3 is 20.1 Å². The Labute approximate surface area is 101 Å². The number of furan rings is 1. The van der Waals surface area contributed by atoms with E-state index in [-0.39, 0.29) is 28.8 Å². The van der Waals surface area contributed by atoms with Gasteiger partial charge in [-0.05, 0) is 13.3 Å². The topological polar surface area (TPSA) is 127 Å². The van der Waals surface area contributed by atoms with Crippen LogP contribution in [0.4, 0.5) is 5.88 Å². The number of fused-ring (bicyclic) bond motifs is 1. The monoisotopic (exact) mass is 257 g/mol. The van der Waals surface area contributed by atoms with Gasteiger partial charge in [-0.15, -0.1) is 0 Å². The lowest BCUT2D eigenvalue weighted by Crippen LogP contribution is -2.42. The number of hydrogen-bond acceptors (Lipinski definition) is 8. The van der Waals surface area contributed by atoms with Crippen molar-refractivity contribution < 1.29 is 19.6 Å². The summed E-state index contributed by atoms with van der Waals surface area (Å²) in [6.45, 7) is 1.48. The molecule has 0 spiro atoms. The maximum atomic E-state index is 12.0. The summed E-state index contributed by atoms with van der Waals surface area (Å²) in [6.07, 6.45) is 0.723. The van der Waals surface area contributed by atoms with Crippen molar-refractivity contribution in [3.63, 3.8) is 0 Å². The van der Waals surface area contributed by atoms with E-state index in [0.29, 0.717) is 17.9 Å². The van der Waals surface area contributed by atoms with Gasteiger partial charge in [0.2, 0.25) is 0 Å². The summed E-state index contributed by atoms with van der Waals surface area (Å²) in [5, 5.41) is 39.0. The molecule has 9 nitrogen and oxygen atoms in total. The van der Waals surface area contributed by atoms with Crippen LogP contribution < -0.4 is 5.23 Å². The fourth-order valence-electron chi connectivity index (χ4n) is 1.98. The number of carbonyl (C=O) groups excluding carboxylic acids is 1. The number of hydrazine groups is 1. The highest BCUT2D eigenvalue weighted by molar-refractivity contribution is 5.98. The maximum absolute atomic E-state index is 12.0. The predicted molar refractivity (Wildman–Crippen MR) is 57.4 cm³/mol. The van der Waals surface area contributed by atoms with Gasteiger partial charge in [-0.25, -0.2) is 5.01 Å². The van der Waals surface area contributed by atoms with Gasteiger partial charge in [-0.2, -0.15) is 0 Å². The van der Waals surface area contributed by atoms with Crippen LogP contribution in [0, 0.1) is 17.3 Å². The van der Waals surface area contributed by atoms with Gasteiger partial charge >= 0.3 is 0 Å². The Hall–Kier alpha value is -1.65. The van der Waals surface area contributed by atoms with Crippen molar-refractivity contribution >= 4 is 11.8 Å². The highest BCUT2D eigenvalue weighted by atomic mass is 16.8. The quantitative estimate of drug-likeness (QED) is 0.744. The molecule has 2 heterocycles. The first-order chi connectivity index (χ1) is 8.43. The lowest BCUT2D eigenvalue weighted by atomic mass is 10.1. The summed E-state index contributed by atoms with van der Waals surface area (Å²) in [5.74, 6) is -1.02. The van der Waals surface area contributed by atoms with E-state index in [1.807, 2.05) is 0 Å². The molecule has 0 radical (unpaired) electrons. The predicted octanol–water partition coefficient (Wildman–Crippen LogP) is 0.774. The Morgan fingerprint density at radius 1 is 1.39 bits per heavy atom. The van der Waals surface area contributed by atoms with Crippen LogP contribution in [0.15, 0.2) is 4.42 Å². The molecule has 1 aromatic rings. The number of nitrogens with zero attached hydrogens (tertiary/aromatic N) is 3. The molecule has 0 aliphatic carbocycles. The fraction of sp³-hybridized carbons (Fsp3) is 0.444. The zero-order valence-electron chi connectivity index (χ0n) is 9.49. The second kappa shape index (κ2) is 4.55. The lowest BCUT2D eigenvalue weighted by Gasteiger charge is -2.35. The van der Waals surface area contributed by atoms with Crippen molar-refractivity contribution in [2.75, 3.05) is 11.8 Å². The minimum absolute atomic E-state index is 0.0206. The lowest BCUT2D eigenvalue weighted by molar-refractivity contribution is -0.400. The highest BCUT2D eigenvalue weighted by Gasteiger charge is 2.31. The Kier molecular flexibility index (Phi) is 3.24. The summed E-state index contributed by atoms with van der Waals surface area (Å²) in [7, 11) is 0. The molecule has 0 saturated heterocycles. The zero-order chi connectivity index (χ0) is 13.4. The fourth-order valence-corrected chi connectivity index (χ4v) is 1.98. The molecule has 9 heteroatoms. The van der Waals surface area contributed by atoms with E-state index in [4.69, 9.17) is 14.8 Å². The summed E-state index contributed by atoms with van der Waals surface area (Å²) in [5.41, 5.74) is 0.112. The van der Waals surface area contributed by atoms with Crippen LogP contribution in [0.1, 0.15) is 28.1 Å². The van der Waals surface area contributed by atoms with Crippen molar-refractivity contribution in [3.8, 4) is 0 Å². The van der Waals surface area contributed by atoms with Gasteiger partial charge in [0.05, 0.1) is 5.56 Å². The van der Waals surface area contributed by atoms with Gasteiger partial charge in [0.25, 0.3) is 5.91 Å². The molecule has 2 rings (SSSR count). The van der Waals surface area contributed by atoms with Crippen LogP contribution >= 0.6 is 0 Å². The van der Waals surface area contributed by atoms with Crippen LogP contribution in [-0.4, -0.2) is 33.2 Å². The van der Waals surface area contributed by atoms with Crippen molar-refractivity contribution in [2.24, 2.45) is 0 Å². The third-order valence-corrected chi connectivity index (χ3v) is 2.80. The molecule has 0 bridgehead atoms. The molecular formula is C9H11N3O6-2. The van der Waals surface area contributed by atoms with Crippen molar-refractivity contribution in [3.05, 3.63) is 27.3 Å². The second-order valence-electron chi connectivity index (χ2n) is 3.89. The first-order valence-corrected chi connectivity index (χ1v) is 5.19. The standard InChI is InChI=1S/C9H11N3O6/c1-5-7-6(18-9(5)11(14)15)3-2-4-10(8(7)13)12(16)17/h16-17H,2-4H2,1H3/q-2. The van der Waals surface area contributed by atoms with Crippen LogP contribution in [0.25, 0.3) is 0 Å². The molecule has 0 aromatic carbocycles. The van der Waals surface area contributed by atoms with Crippen LogP contribution in [0.5, 0.6) is 0 Å². The number of rotatable bonds is 2. The van der Waals surface area contributed by atoms with Crippen LogP contribution in [0.3, 0.4) is 0 Å². The molecule has 100 valence electrons. The molecule has 1 aliphatic heterocycles. The third kappa shape index (κ3) is 1.94. The molecule has 0 atom stereocenters. The molecule has 0 unspecified atom stereocenters. The largest absolute Gasteiger partial charge is 0.767 e. The van der Waals surface area contributed by atoms with E-state index in [1.165, 1.54) is 6.92 Å².